The second kappa shape index (κ2) is 7.80. The van der Waals surface area contributed by atoms with Crippen molar-refractivity contribution in [1.29, 1.82) is 0 Å². The molecule has 0 N–H and O–H groups in total. The van der Waals surface area contributed by atoms with Gasteiger partial charge in [0, 0.05) is 22.3 Å². The summed E-state index contributed by atoms with van der Waals surface area (Å²) in [6, 6.07) is 24.0. The number of ketones is 1. The van der Waals surface area contributed by atoms with Gasteiger partial charge in [-0.3, -0.25) is 4.79 Å². The van der Waals surface area contributed by atoms with Crippen molar-refractivity contribution >= 4 is 22.6 Å². The molecule has 1 heterocycles. The van der Waals surface area contributed by atoms with Crippen LogP contribution in [0.3, 0.4) is 0 Å². The number of fused-ring (bicyclic) bond motifs is 1. The van der Waals surface area contributed by atoms with Crippen LogP contribution in [0.25, 0.3) is 22.5 Å². The molecule has 3 heteroatoms. The maximum absolute atomic E-state index is 12.5. The molecule has 0 amide bonds. The molecule has 144 valence electrons. The minimum atomic E-state index is -0.0254. The molecule has 3 aromatic carbocycles. The first-order valence-corrected chi connectivity index (χ1v) is 9.62. The average Bonchev–Trinajstić information content (AvgIpc) is 3.04. The Morgan fingerprint density at radius 2 is 1.66 bits per heavy atom. The topological polar surface area (TPSA) is 31.2 Å². The second-order valence-electron chi connectivity index (χ2n) is 7.09. The van der Waals surface area contributed by atoms with Crippen molar-refractivity contribution in [3.05, 3.63) is 101 Å². The molecule has 3 nitrogen and oxygen atoms in total. The fraction of sp³-hybridized carbons (Fsp3) is 0.115. The smallest absolute Gasteiger partial charge is 0.185 e. The fourth-order valence-corrected chi connectivity index (χ4v) is 3.75. The Bertz CT molecular complexity index is 1210. The lowest BCUT2D eigenvalue weighted by atomic mass is 10.1. The zero-order chi connectivity index (χ0) is 20.4. The minimum absolute atomic E-state index is 0.0254. The highest BCUT2D eigenvalue weighted by molar-refractivity contribution is 6.07. The first-order chi connectivity index (χ1) is 14.1. The molecule has 0 saturated heterocycles. The zero-order valence-electron chi connectivity index (χ0n) is 16.8. The summed E-state index contributed by atoms with van der Waals surface area (Å²) in [5.41, 5.74) is 5.08. The van der Waals surface area contributed by atoms with Gasteiger partial charge in [0.1, 0.15) is 5.75 Å². The van der Waals surface area contributed by atoms with Crippen LogP contribution in [0.2, 0.25) is 0 Å². The van der Waals surface area contributed by atoms with Crippen molar-refractivity contribution < 1.29 is 9.53 Å². The number of hydrogen-bond donors (Lipinski definition) is 0. The van der Waals surface area contributed by atoms with Gasteiger partial charge in [0.25, 0.3) is 0 Å². The van der Waals surface area contributed by atoms with Gasteiger partial charge < -0.3 is 9.30 Å². The van der Waals surface area contributed by atoms with Gasteiger partial charge in [-0.1, -0.05) is 36.4 Å². The summed E-state index contributed by atoms with van der Waals surface area (Å²) in [7, 11) is 1.61. The number of ether oxygens (including phenoxy) is 1. The Kier molecular flexibility index (Phi) is 5.05. The van der Waals surface area contributed by atoms with Crippen LogP contribution in [-0.2, 0) is 0 Å². The summed E-state index contributed by atoms with van der Waals surface area (Å²) in [6.45, 7) is 4.18. The predicted octanol–water partition coefficient (Wildman–Crippen LogP) is 6.15. The highest BCUT2D eigenvalue weighted by Gasteiger charge is 2.12. The third-order valence-electron chi connectivity index (χ3n) is 5.27. The van der Waals surface area contributed by atoms with Gasteiger partial charge >= 0.3 is 0 Å². The van der Waals surface area contributed by atoms with Crippen LogP contribution in [-0.4, -0.2) is 17.5 Å². The van der Waals surface area contributed by atoms with Gasteiger partial charge in [-0.05, 0) is 73.3 Å². The molecule has 4 rings (SSSR count). The number of rotatable bonds is 5. The number of methoxy groups -OCH3 is 1. The van der Waals surface area contributed by atoms with Crippen LogP contribution < -0.4 is 4.74 Å². The van der Waals surface area contributed by atoms with Crippen LogP contribution in [0, 0.1) is 13.8 Å². The number of aryl methyl sites for hydroxylation is 1. The molecule has 0 bridgehead atoms. The van der Waals surface area contributed by atoms with Crippen LogP contribution in [0.4, 0.5) is 0 Å². The number of carbonyl (C=O) groups is 1. The Balaban J connectivity index is 1.68. The number of allylic oxidation sites excluding steroid dienone is 1. The summed E-state index contributed by atoms with van der Waals surface area (Å²) in [5, 5.41) is 2.42. The maximum Gasteiger partial charge on any atom is 0.185 e. The van der Waals surface area contributed by atoms with Crippen molar-refractivity contribution in [3.63, 3.8) is 0 Å². The van der Waals surface area contributed by atoms with Gasteiger partial charge in [0.05, 0.1) is 12.8 Å². The normalized spacial score (nSPS) is 11.3. The van der Waals surface area contributed by atoms with E-state index < -0.39 is 0 Å². The molecule has 0 atom stereocenters. The van der Waals surface area contributed by atoms with Crippen LogP contribution in [0.1, 0.15) is 27.3 Å². The Labute approximate surface area is 170 Å². The third-order valence-corrected chi connectivity index (χ3v) is 5.27. The molecule has 0 saturated carbocycles. The van der Waals surface area contributed by atoms with E-state index in [9.17, 15) is 4.79 Å². The van der Waals surface area contributed by atoms with E-state index in [1.54, 1.807) is 37.5 Å². The van der Waals surface area contributed by atoms with Gasteiger partial charge in [-0.25, -0.2) is 0 Å². The molecular formula is C26H23NO2. The quantitative estimate of drug-likeness (QED) is 0.307. The molecule has 29 heavy (non-hydrogen) atoms. The Hall–Kier alpha value is -3.59. The number of benzene rings is 3. The largest absolute Gasteiger partial charge is 0.497 e. The summed E-state index contributed by atoms with van der Waals surface area (Å²) < 4.78 is 7.40. The van der Waals surface area contributed by atoms with Gasteiger partial charge in [-0.15, -0.1) is 0 Å². The molecule has 0 unspecified atom stereocenters. The zero-order valence-corrected chi connectivity index (χ0v) is 16.8. The number of aromatic nitrogens is 1. The summed E-state index contributed by atoms with van der Waals surface area (Å²) in [6.07, 6.45) is 3.54. The van der Waals surface area contributed by atoms with E-state index in [1.165, 1.54) is 10.8 Å². The lowest BCUT2D eigenvalue weighted by molar-refractivity contribution is 0.104. The van der Waals surface area contributed by atoms with Crippen molar-refractivity contribution in [2.24, 2.45) is 0 Å². The fourth-order valence-electron chi connectivity index (χ4n) is 3.75. The SMILES string of the molecule is COc1ccc(C(=O)/C=C/c2cc(C)n(-c3cccc4ccccc34)c2C)cc1. The molecule has 1 aromatic heterocycles. The first-order valence-electron chi connectivity index (χ1n) is 9.62. The van der Waals surface area contributed by atoms with Crippen molar-refractivity contribution in [2.75, 3.05) is 7.11 Å². The Morgan fingerprint density at radius 3 is 2.41 bits per heavy atom. The van der Waals surface area contributed by atoms with Crippen molar-refractivity contribution in [2.45, 2.75) is 13.8 Å². The Morgan fingerprint density at radius 1 is 0.931 bits per heavy atom. The second-order valence-corrected chi connectivity index (χ2v) is 7.09. The summed E-state index contributed by atoms with van der Waals surface area (Å²) in [5.74, 6) is 0.715. The molecule has 0 aliphatic heterocycles. The standard InChI is InChI=1S/C26H23NO2/c1-18-17-22(13-16-26(28)21-11-14-23(29-3)15-12-21)19(2)27(18)25-10-6-8-20-7-4-5-9-24(20)25/h4-17H,1-3H3/b16-13+. The highest BCUT2D eigenvalue weighted by Crippen LogP contribution is 2.28. The molecule has 0 aliphatic rings. The number of nitrogens with zero attached hydrogens (tertiary/aromatic N) is 1. The molecular weight excluding hydrogens is 358 g/mol. The molecule has 0 spiro atoms. The van der Waals surface area contributed by atoms with E-state index in [4.69, 9.17) is 4.74 Å². The maximum atomic E-state index is 12.5. The lowest BCUT2D eigenvalue weighted by Gasteiger charge is -2.13. The van der Waals surface area contributed by atoms with E-state index in [2.05, 4.69) is 66.9 Å². The van der Waals surface area contributed by atoms with E-state index in [0.29, 0.717) is 5.56 Å². The minimum Gasteiger partial charge on any atom is -0.497 e. The van der Waals surface area contributed by atoms with Crippen LogP contribution in [0.5, 0.6) is 5.75 Å². The van der Waals surface area contributed by atoms with Gasteiger partial charge in [0.2, 0.25) is 0 Å². The molecule has 4 aromatic rings. The lowest BCUT2D eigenvalue weighted by Crippen LogP contribution is -2.00. The van der Waals surface area contributed by atoms with E-state index in [0.717, 1.165) is 28.4 Å². The average molecular weight is 381 g/mol. The van der Waals surface area contributed by atoms with Crippen LogP contribution in [0.15, 0.2) is 78.9 Å². The molecule has 0 aliphatic carbocycles. The van der Waals surface area contributed by atoms with Crippen molar-refractivity contribution in [3.8, 4) is 11.4 Å². The van der Waals surface area contributed by atoms with Gasteiger partial charge in [0.15, 0.2) is 5.78 Å². The van der Waals surface area contributed by atoms with Gasteiger partial charge in [-0.2, -0.15) is 0 Å². The third kappa shape index (κ3) is 3.59. The number of carbonyl (C=O) groups excluding carboxylic acids is 1. The molecule has 0 fully saturated rings. The monoisotopic (exact) mass is 381 g/mol. The first kappa shape index (κ1) is 18.8. The summed E-state index contributed by atoms with van der Waals surface area (Å²) >= 11 is 0. The highest BCUT2D eigenvalue weighted by atomic mass is 16.5. The van der Waals surface area contributed by atoms with Crippen LogP contribution >= 0.6 is 0 Å². The predicted molar refractivity (Wildman–Crippen MR) is 119 cm³/mol. The summed E-state index contributed by atoms with van der Waals surface area (Å²) in [4.78, 5) is 12.5. The van der Waals surface area contributed by atoms with E-state index >= 15 is 0 Å². The van der Waals surface area contributed by atoms with E-state index in [1.807, 2.05) is 6.08 Å². The van der Waals surface area contributed by atoms with E-state index in [-0.39, 0.29) is 5.78 Å². The molecule has 0 radical (unpaired) electrons. The number of hydrogen-bond acceptors (Lipinski definition) is 2. The van der Waals surface area contributed by atoms with Crippen molar-refractivity contribution in [1.82, 2.24) is 4.57 Å².